The van der Waals surface area contributed by atoms with Gasteiger partial charge in [-0.3, -0.25) is 0 Å². The molecule has 3 heterocycles. The van der Waals surface area contributed by atoms with Gasteiger partial charge in [0.15, 0.2) is 0 Å². The fourth-order valence-corrected chi connectivity index (χ4v) is 1.98. The monoisotopic (exact) mass is 410 g/mol. The van der Waals surface area contributed by atoms with Crippen LogP contribution in [0.15, 0.2) is 35.2 Å². The molecule has 3 aromatic heterocycles. The minimum Gasteiger partial charge on any atom is -0.481 e. The molecule has 3 rings (SSSR count). The van der Waals surface area contributed by atoms with Gasteiger partial charge in [0.25, 0.3) is 0 Å². The summed E-state index contributed by atoms with van der Waals surface area (Å²) in [5, 5.41) is 5.68. The molecule has 0 fully saturated rings. The van der Waals surface area contributed by atoms with E-state index >= 15 is 0 Å². The van der Waals surface area contributed by atoms with Crippen LogP contribution in [-0.2, 0) is 24.1 Å². The molecule has 152 valence electrons. The van der Waals surface area contributed by atoms with Gasteiger partial charge >= 0.3 is 18.2 Å². The summed E-state index contributed by atoms with van der Waals surface area (Å²) >= 11 is 0. The second-order valence-electron chi connectivity index (χ2n) is 5.47. The number of pyridine rings is 1. The van der Waals surface area contributed by atoms with Gasteiger partial charge in [0, 0.05) is 42.3 Å². The average Bonchev–Trinajstić information content (AvgIpc) is 3.22. The third-order valence-corrected chi connectivity index (χ3v) is 3.39. The highest BCUT2D eigenvalue weighted by atomic mass is 19.4. The maximum absolute atomic E-state index is 12.5. The molecule has 0 spiro atoms. The zero-order valence-electron chi connectivity index (χ0n) is 14.8. The van der Waals surface area contributed by atoms with Crippen molar-refractivity contribution in [3.63, 3.8) is 0 Å². The molecule has 1 amide bonds. The van der Waals surface area contributed by atoms with Gasteiger partial charge in [-0.05, 0) is 6.07 Å². The van der Waals surface area contributed by atoms with E-state index in [4.69, 9.17) is 9.47 Å². The average molecular weight is 410 g/mol. The van der Waals surface area contributed by atoms with Crippen LogP contribution in [0.25, 0.3) is 11.6 Å². The molecule has 10 nitrogen and oxygen atoms in total. The van der Waals surface area contributed by atoms with Gasteiger partial charge in [-0.1, -0.05) is 5.16 Å². The summed E-state index contributed by atoms with van der Waals surface area (Å²) in [6, 6.07) is 3.34. The van der Waals surface area contributed by atoms with Crippen molar-refractivity contribution in [3.05, 3.63) is 47.7 Å². The van der Waals surface area contributed by atoms with Crippen molar-refractivity contribution < 1.29 is 32.0 Å². The maximum atomic E-state index is 12.5. The number of nitrogens with one attached hydrogen (secondary N) is 1. The van der Waals surface area contributed by atoms with E-state index < -0.39 is 24.0 Å². The SMILES string of the molecule is COc1ccc(COC(=O)NCc2cnc(-c3noc(C(F)(F)F)n3)nc2)cn1. The maximum Gasteiger partial charge on any atom is 0.471 e. The first-order valence-corrected chi connectivity index (χ1v) is 7.97. The number of amides is 1. The first-order valence-electron chi connectivity index (χ1n) is 7.97. The fraction of sp³-hybridized carbons (Fsp3) is 0.250. The highest BCUT2D eigenvalue weighted by Gasteiger charge is 2.38. The minimum absolute atomic E-state index is 0.0115. The molecule has 0 unspecified atom stereocenters. The van der Waals surface area contributed by atoms with Crippen LogP contribution in [0, 0.1) is 0 Å². The van der Waals surface area contributed by atoms with Crippen LogP contribution in [0.3, 0.4) is 0 Å². The molecule has 13 heteroatoms. The molecule has 0 bridgehead atoms. The summed E-state index contributed by atoms with van der Waals surface area (Å²) < 4.78 is 51.5. The molecule has 0 radical (unpaired) electrons. The molecular weight excluding hydrogens is 397 g/mol. The van der Waals surface area contributed by atoms with Gasteiger partial charge in [-0.25, -0.2) is 19.7 Å². The number of carbonyl (C=O) groups is 1. The number of hydrogen-bond acceptors (Lipinski definition) is 9. The van der Waals surface area contributed by atoms with E-state index in [-0.39, 0.29) is 19.0 Å². The molecule has 0 atom stereocenters. The summed E-state index contributed by atoms with van der Waals surface area (Å²) in [6.07, 6.45) is -1.31. The quantitative estimate of drug-likeness (QED) is 0.652. The lowest BCUT2D eigenvalue weighted by Crippen LogP contribution is -2.23. The van der Waals surface area contributed by atoms with E-state index in [1.165, 1.54) is 25.7 Å². The Kier molecular flexibility index (Phi) is 5.85. The predicted octanol–water partition coefficient (Wildman–Crippen LogP) is 2.38. The van der Waals surface area contributed by atoms with E-state index in [1.807, 2.05) is 0 Å². The lowest BCUT2D eigenvalue weighted by Gasteiger charge is -2.07. The van der Waals surface area contributed by atoms with Crippen molar-refractivity contribution in [2.45, 2.75) is 19.3 Å². The first kappa shape index (κ1) is 20.0. The zero-order valence-corrected chi connectivity index (χ0v) is 14.8. The van der Waals surface area contributed by atoms with Crippen LogP contribution in [0.1, 0.15) is 17.0 Å². The highest BCUT2D eigenvalue weighted by Crippen LogP contribution is 2.28. The Balaban J connectivity index is 1.49. The molecule has 3 aromatic rings. The summed E-state index contributed by atoms with van der Waals surface area (Å²) in [7, 11) is 1.49. The zero-order chi connectivity index (χ0) is 20.9. The number of alkyl carbamates (subject to hydrolysis) is 1. The largest absolute Gasteiger partial charge is 0.481 e. The summed E-state index contributed by atoms with van der Waals surface area (Å²) in [5.41, 5.74) is 1.16. The van der Waals surface area contributed by atoms with Gasteiger partial charge in [0.05, 0.1) is 7.11 Å². The van der Waals surface area contributed by atoms with E-state index in [2.05, 4.69) is 34.9 Å². The molecule has 29 heavy (non-hydrogen) atoms. The van der Waals surface area contributed by atoms with Crippen LogP contribution < -0.4 is 10.1 Å². The number of aromatic nitrogens is 5. The van der Waals surface area contributed by atoms with E-state index in [0.717, 1.165) is 0 Å². The molecular formula is C16H13F3N6O4. The van der Waals surface area contributed by atoms with E-state index in [9.17, 15) is 18.0 Å². The van der Waals surface area contributed by atoms with Crippen LogP contribution in [0.4, 0.5) is 18.0 Å². The van der Waals surface area contributed by atoms with Gasteiger partial charge in [-0.2, -0.15) is 18.2 Å². The number of nitrogens with zero attached hydrogens (tertiary/aromatic N) is 5. The van der Waals surface area contributed by atoms with Crippen molar-refractivity contribution >= 4 is 6.09 Å². The lowest BCUT2D eigenvalue weighted by molar-refractivity contribution is -0.159. The summed E-state index contributed by atoms with van der Waals surface area (Å²) in [5.74, 6) is -1.60. The second-order valence-corrected chi connectivity index (χ2v) is 5.47. The molecule has 0 aliphatic rings. The van der Waals surface area contributed by atoms with Crippen LogP contribution in [0.2, 0.25) is 0 Å². The topological polar surface area (TPSA) is 125 Å². The van der Waals surface area contributed by atoms with Crippen molar-refractivity contribution in [2.75, 3.05) is 7.11 Å². The lowest BCUT2D eigenvalue weighted by atomic mass is 10.3. The number of halogens is 3. The number of methoxy groups -OCH3 is 1. The third-order valence-electron chi connectivity index (χ3n) is 3.39. The number of ether oxygens (including phenoxy) is 2. The molecule has 0 aromatic carbocycles. The first-order chi connectivity index (χ1) is 13.8. The molecule has 0 aliphatic heterocycles. The number of hydrogen-bond donors (Lipinski definition) is 1. The number of alkyl halides is 3. The van der Waals surface area contributed by atoms with Gasteiger partial charge in [0.2, 0.25) is 17.5 Å². The van der Waals surface area contributed by atoms with Crippen LogP contribution in [-0.4, -0.2) is 38.3 Å². The Labute approximate surface area is 161 Å². The smallest absolute Gasteiger partial charge is 0.471 e. The Hall–Kier alpha value is -3.77. The Bertz CT molecular complexity index is 960. The second kappa shape index (κ2) is 8.50. The third kappa shape index (κ3) is 5.37. The highest BCUT2D eigenvalue weighted by molar-refractivity contribution is 5.67. The summed E-state index contributed by atoms with van der Waals surface area (Å²) in [6.45, 7) is 0.0532. The molecule has 1 N–H and O–H groups in total. The Morgan fingerprint density at radius 2 is 1.83 bits per heavy atom. The van der Waals surface area contributed by atoms with Crippen molar-refractivity contribution in [3.8, 4) is 17.5 Å². The van der Waals surface area contributed by atoms with Gasteiger partial charge < -0.3 is 19.3 Å². The van der Waals surface area contributed by atoms with Crippen molar-refractivity contribution in [2.24, 2.45) is 0 Å². The van der Waals surface area contributed by atoms with Gasteiger partial charge in [-0.15, -0.1) is 0 Å². The van der Waals surface area contributed by atoms with Crippen molar-refractivity contribution in [1.82, 2.24) is 30.4 Å². The number of rotatable bonds is 6. The van der Waals surface area contributed by atoms with E-state index in [0.29, 0.717) is 17.0 Å². The minimum atomic E-state index is -4.75. The van der Waals surface area contributed by atoms with Gasteiger partial charge in [0.1, 0.15) is 6.61 Å². The predicted molar refractivity (Wildman–Crippen MR) is 88.1 cm³/mol. The van der Waals surface area contributed by atoms with Crippen LogP contribution >= 0.6 is 0 Å². The normalized spacial score (nSPS) is 11.2. The standard InChI is InChI=1S/C16H13F3N6O4/c1-27-11-3-2-9(4-20-11)8-28-15(26)23-7-10-5-21-12(22-6-10)13-24-14(29-25-13)16(17,18)19/h2-6H,7-8H2,1H3,(H,23,26). The Morgan fingerprint density at radius 1 is 1.10 bits per heavy atom. The van der Waals surface area contributed by atoms with Crippen LogP contribution in [0.5, 0.6) is 5.88 Å². The van der Waals surface area contributed by atoms with E-state index in [1.54, 1.807) is 12.1 Å². The van der Waals surface area contributed by atoms with Crippen molar-refractivity contribution in [1.29, 1.82) is 0 Å². The molecule has 0 aliphatic carbocycles. The molecule has 0 saturated heterocycles. The summed E-state index contributed by atoms with van der Waals surface area (Å²) in [4.78, 5) is 26.6. The molecule has 0 saturated carbocycles. The Morgan fingerprint density at radius 3 is 2.41 bits per heavy atom. The fourth-order valence-electron chi connectivity index (χ4n) is 1.98. The number of carbonyl (C=O) groups excluding carboxylic acids is 1.